The lowest BCUT2D eigenvalue weighted by Crippen LogP contribution is -2.05. The minimum atomic E-state index is -4.83. The Morgan fingerprint density at radius 3 is 1.50 bits per heavy atom. The van der Waals surface area contributed by atoms with E-state index in [4.69, 9.17) is 4.42 Å². The molecule has 0 atom stereocenters. The molecule has 7 nitrogen and oxygen atoms in total. The molecule has 0 unspecified atom stereocenters. The molecule has 0 aliphatic rings. The Labute approximate surface area is 185 Å². The molecule has 4 aromatic rings. The zero-order valence-corrected chi connectivity index (χ0v) is 18.0. The average molecular weight is 470 g/mol. The van der Waals surface area contributed by atoms with Crippen molar-refractivity contribution in [2.75, 3.05) is 0 Å². The fraction of sp³-hybridized carbons (Fsp3) is 0. The largest absolute Gasteiger partial charge is 0.361 e. The van der Waals surface area contributed by atoms with Crippen LogP contribution in [0.15, 0.2) is 105 Å². The molecule has 4 rings (SSSR count). The van der Waals surface area contributed by atoms with Gasteiger partial charge in [-0.1, -0.05) is 42.5 Å². The van der Waals surface area contributed by atoms with Gasteiger partial charge in [0.25, 0.3) is 20.2 Å². The van der Waals surface area contributed by atoms with E-state index in [1.54, 1.807) is 12.1 Å². The van der Waals surface area contributed by atoms with Gasteiger partial charge in [0.15, 0.2) is 0 Å². The van der Waals surface area contributed by atoms with Gasteiger partial charge in [-0.2, -0.15) is 16.8 Å². The summed E-state index contributed by atoms with van der Waals surface area (Å²) in [6.07, 6.45) is 0. The van der Waals surface area contributed by atoms with Crippen molar-refractivity contribution in [1.29, 1.82) is 0 Å². The third-order valence-corrected chi connectivity index (χ3v) is 6.49. The molecule has 2 N–H and O–H groups in total. The summed E-state index contributed by atoms with van der Waals surface area (Å²) in [5, 5.41) is 0. The quantitative estimate of drug-likeness (QED) is 0.310. The number of rotatable bonds is 5. The molecule has 3 aromatic carbocycles. The van der Waals surface area contributed by atoms with Gasteiger partial charge in [-0.15, -0.1) is 0 Å². The van der Waals surface area contributed by atoms with Crippen molar-refractivity contribution in [3.05, 3.63) is 91.0 Å². The van der Waals surface area contributed by atoms with E-state index in [1.807, 2.05) is 60.7 Å². The van der Waals surface area contributed by atoms with E-state index in [0.29, 0.717) is 23.2 Å². The standard InChI is InChI=1S/C23H16O7S2/c24-31(25,26)19-11-12-20(23(15-19)32(27,28)29)18-13-21(16-7-3-1-4-8-16)30-22(14-18)17-9-5-2-6-10-17/h1-15H,(H-,24,25,26,27,28,29)/p+1. The van der Waals surface area contributed by atoms with E-state index in [1.165, 1.54) is 6.07 Å². The van der Waals surface area contributed by atoms with E-state index < -0.39 is 30.0 Å². The van der Waals surface area contributed by atoms with Crippen molar-refractivity contribution in [1.82, 2.24) is 0 Å². The average Bonchev–Trinajstić information content (AvgIpc) is 2.78. The first-order valence-corrected chi connectivity index (χ1v) is 12.2. The van der Waals surface area contributed by atoms with Crippen LogP contribution >= 0.6 is 0 Å². The number of hydrogen-bond donors (Lipinski definition) is 2. The number of hydrogen-bond acceptors (Lipinski definition) is 4. The molecule has 0 fully saturated rings. The van der Waals surface area contributed by atoms with E-state index in [-0.39, 0.29) is 5.56 Å². The summed E-state index contributed by atoms with van der Waals surface area (Å²) in [5.41, 5.74) is 1.87. The van der Waals surface area contributed by atoms with Gasteiger partial charge in [0.2, 0.25) is 0 Å². The van der Waals surface area contributed by atoms with Crippen LogP contribution in [0.5, 0.6) is 0 Å². The van der Waals surface area contributed by atoms with Crippen LogP contribution in [-0.2, 0) is 20.2 Å². The Morgan fingerprint density at radius 2 is 1.06 bits per heavy atom. The molecule has 1 aromatic heterocycles. The van der Waals surface area contributed by atoms with Gasteiger partial charge in [-0.3, -0.25) is 9.11 Å². The molecule has 0 saturated heterocycles. The summed E-state index contributed by atoms with van der Waals surface area (Å²) in [4.78, 5) is -1.31. The smallest absolute Gasteiger partial charge is 0.282 e. The maximum atomic E-state index is 12.1. The van der Waals surface area contributed by atoms with Crippen molar-refractivity contribution in [2.45, 2.75) is 9.79 Å². The molecule has 162 valence electrons. The Bertz CT molecular complexity index is 1440. The van der Waals surface area contributed by atoms with Gasteiger partial charge >= 0.3 is 11.5 Å². The summed E-state index contributed by atoms with van der Waals surface area (Å²) in [6, 6.07) is 24.5. The van der Waals surface area contributed by atoms with Gasteiger partial charge < -0.3 is 0 Å². The molecule has 9 heteroatoms. The lowest BCUT2D eigenvalue weighted by atomic mass is 10.0. The summed E-state index contributed by atoms with van der Waals surface area (Å²) in [7, 11) is -9.51. The summed E-state index contributed by atoms with van der Waals surface area (Å²) in [5.74, 6) is 0.865. The van der Waals surface area contributed by atoms with Crippen LogP contribution in [0, 0.1) is 0 Å². The third kappa shape index (κ3) is 4.61. The first kappa shape index (κ1) is 21.8. The minimum absolute atomic E-state index is 0.0464. The van der Waals surface area contributed by atoms with Crippen LogP contribution in [0.1, 0.15) is 0 Å². The lowest BCUT2D eigenvalue weighted by Gasteiger charge is -2.09. The Kier molecular flexibility index (Phi) is 5.66. The maximum absolute atomic E-state index is 12.1. The molecule has 0 bridgehead atoms. The SMILES string of the molecule is O=S(=O)(O)c1ccc(-c2cc(-c3ccccc3)[o+]c(-c3ccccc3)c2)c(S(=O)(=O)O)c1. The van der Waals surface area contributed by atoms with Crippen molar-refractivity contribution in [3.8, 4) is 33.8 Å². The summed E-state index contributed by atoms with van der Waals surface area (Å²) < 4.78 is 72.3. The molecular formula is C23H17O7S2+. The molecule has 0 radical (unpaired) electrons. The van der Waals surface area contributed by atoms with Crippen LogP contribution in [0.4, 0.5) is 0 Å². The Balaban J connectivity index is 2.02. The second-order valence-electron chi connectivity index (χ2n) is 6.91. The van der Waals surface area contributed by atoms with Crippen LogP contribution < -0.4 is 0 Å². The highest BCUT2D eigenvalue weighted by atomic mass is 32.2. The van der Waals surface area contributed by atoms with Crippen LogP contribution in [0.3, 0.4) is 0 Å². The fourth-order valence-corrected chi connectivity index (χ4v) is 4.58. The lowest BCUT2D eigenvalue weighted by molar-refractivity contribution is 0.481. The number of benzene rings is 3. The Hall–Kier alpha value is -3.37. The topological polar surface area (TPSA) is 120 Å². The minimum Gasteiger partial charge on any atom is -0.282 e. The molecule has 32 heavy (non-hydrogen) atoms. The highest BCUT2D eigenvalue weighted by molar-refractivity contribution is 7.86. The van der Waals surface area contributed by atoms with Gasteiger partial charge in [0.1, 0.15) is 4.90 Å². The Morgan fingerprint density at radius 1 is 0.562 bits per heavy atom. The van der Waals surface area contributed by atoms with E-state index in [2.05, 4.69) is 0 Å². The van der Waals surface area contributed by atoms with Crippen molar-refractivity contribution in [2.24, 2.45) is 0 Å². The van der Waals surface area contributed by atoms with Crippen LogP contribution in [0.2, 0.25) is 0 Å². The predicted octanol–water partition coefficient (Wildman–Crippen LogP) is 5.06. The molecule has 0 aliphatic heterocycles. The molecule has 0 spiro atoms. The monoisotopic (exact) mass is 469 g/mol. The van der Waals surface area contributed by atoms with Gasteiger partial charge in [0.05, 0.1) is 28.2 Å². The molecular weight excluding hydrogens is 452 g/mol. The normalized spacial score (nSPS) is 11.9. The van der Waals surface area contributed by atoms with Crippen molar-refractivity contribution in [3.63, 3.8) is 0 Å². The molecule has 0 aliphatic carbocycles. The predicted molar refractivity (Wildman–Crippen MR) is 119 cm³/mol. The first-order valence-electron chi connectivity index (χ1n) is 9.31. The van der Waals surface area contributed by atoms with E-state index in [0.717, 1.165) is 17.2 Å². The molecule has 0 saturated carbocycles. The molecule has 1 heterocycles. The zero-order chi connectivity index (χ0) is 22.9. The van der Waals surface area contributed by atoms with E-state index >= 15 is 0 Å². The summed E-state index contributed by atoms with van der Waals surface area (Å²) >= 11 is 0. The maximum Gasteiger partial charge on any atom is 0.361 e. The van der Waals surface area contributed by atoms with Crippen molar-refractivity contribution >= 4 is 20.2 Å². The molecule has 0 amide bonds. The van der Waals surface area contributed by atoms with Crippen LogP contribution in [0.25, 0.3) is 33.8 Å². The highest BCUT2D eigenvalue weighted by Crippen LogP contribution is 2.36. The first-order chi connectivity index (χ1) is 15.1. The second-order valence-corrected chi connectivity index (χ2v) is 9.73. The van der Waals surface area contributed by atoms with E-state index in [9.17, 15) is 25.9 Å². The third-order valence-electron chi connectivity index (χ3n) is 4.75. The highest BCUT2D eigenvalue weighted by Gasteiger charge is 2.25. The second kappa shape index (κ2) is 8.29. The van der Waals surface area contributed by atoms with Crippen molar-refractivity contribution < 1.29 is 30.4 Å². The van der Waals surface area contributed by atoms with Gasteiger partial charge in [0, 0.05) is 11.1 Å². The van der Waals surface area contributed by atoms with Gasteiger partial charge in [-0.05, 0) is 36.4 Å². The zero-order valence-electron chi connectivity index (χ0n) is 16.4. The fourth-order valence-electron chi connectivity index (χ4n) is 3.26. The van der Waals surface area contributed by atoms with Gasteiger partial charge in [-0.25, -0.2) is 4.42 Å². The van der Waals surface area contributed by atoms with Crippen LogP contribution in [-0.4, -0.2) is 25.9 Å². The summed E-state index contributed by atoms with van der Waals surface area (Å²) in [6.45, 7) is 0.